The molecule has 9 nitrogen and oxygen atoms in total. The molecule has 2 aromatic heterocycles. The van der Waals surface area contributed by atoms with Crippen LogP contribution in [-0.4, -0.2) is 45.5 Å². The lowest BCUT2D eigenvalue weighted by Crippen LogP contribution is -2.40. The Hall–Kier alpha value is -3.59. The van der Waals surface area contributed by atoms with Gasteiger partial charge in [-0.25, -0.2) is 9.97 Å². The molecule has 1 aliphatic heterocycles. The third-order valence-electron chi connectivity index (χ3n) is 5.18. The first-order chi connectivity index (χ1) is 16.2. The van der Waals surface area contributed by atoms with Gasteiger partial charge < -0.3 is 30.1 Å². The predicted molar refractivity (Wildman–Crippen MR) is 132 cm³/mol. The van der Waals surface area contributed by atoms with Gasteiger partial charge in [0.1, 0.15) is 29.9 Å². The Morgan fingerprint density at radius 3 is 2.53 bits per heavy atom. The Kier molecular flexibility index (Phi) is 6.74. The van der Waals surface area contributed by atoms with Crippen molar-refractivity contribution in [2.75, 3.05) is 29.1 Å². The van der Waals surface area contributed by atoms with E-state index in [0.717, 1.165) is 34.1 Å². The van der Waals surface area contributed by atoms with E-state index < -0.39 is 6.23 Å². The second kappa shape index (κ2) is 9.72. The summed E-state index contributed by atoms with van der Waals surface area (Å²) >= 11 is 0. The van der Waals surface area contributed by atoms with Gasteiger partial charge >= 0.3 is 0 Å². The normalized spacial score (nSPS) is 15.4. The summed E-state index contributed by atoms with van der Waals surface area (Å²) < 4.78 is 11.6. The number of benzene rings is 1. The fraction of sp³-hybridized carbons (Fsp3) is 0.400. The lowest BCUT2D eigenvalue weighted by atomic mass is 10.2. The zero-order valence-electron chi connectivity index (χ0n) is 20.3. The Bertz CT molecular complexity index is 1110. The van der Waals surface area contributed by atoms with Crippen LogP contribution < -0.4 is 25.0 Å². The van der Waals surface area contributed by atoms with Gasteiger partial charge in [-0.15, -0.1) is 0 Å². The van der Waals surface area contributed by atoms with E-state index in [9.17, 15) is 5.11 Å². The average Bonchev–Trinajstić information content (AvgIpc) is 2.78. The maximum atomic E-state index is 9.90. The van der Waals surface area contributed by atoms with Crippen LogP contribution in [0.3, 0.4) is 0 Å². The summed E-state index contributed by atoms with van der Waals surface area (Å²) in [5.41, 5.74) is 3.33. The fourth-order valence-electron chi connectivity index (χ4n) is 3.56. The highest BCUT2D eigenvalue weighted by Gasteiger charge is 2.24. The van der Waals surface area contributed by atoms with Gasteiger partial charge in [0.2, 0.25) is 11.8 Å². The smallest absolute Gasteiger partial charge is 0.225 e. The molecule has 9 heteroatoms. The number of hydrogen-bond acceptors (Lipinski definition) is 9. The second-order valence-electron chi connectivity index (χ2n) is 9.38. The first kappa shape index (κ1) is 23.6. The third kappa shape index (κ3) is 6.05. The highest BCUT2D eigenvalue weighted by atomic mass is 16.5. The minimum atomic E-state index is -0.627. The first-order valence-corrected chi connectivity index (χ1v) is 11.3. The Morgan fingerprint density at radius 1 is 1.12 bits per heavy atom. The molecule has 0 aliphatic carbocycles. The van der Waals surface area contributed by atoms with Crippen LogP contribution >= 0.6 is 0 Å². The van der Waals surface area contributed by atoms with Crippen LogP contribution in [0.15, 0.2) is 42.6 Å². The summed E-state index contributed by atoms with van der Waals surface area (Å²) in [6, 6.07) is 11.7. The molecule has 0 fully saturated rings. The number of aliphatic hydroxyl groups excluding tert-OH is 1. The predicted octanol–water partition coefficient (Wildman–Crippen LogP) is 3.73. The fourth-order valence-corrected chi connectivity index (χ4v) is 3.56. The highest BCUT2D eigenvalue weighted by Crippen LogP contribution is 2.30. The van der Waals surface area contributed by atoms with Crippen molar-refractivity contribution in [2.24, 2.45) is 0 Å². The summed E-state index contributed by atoms with van der Waals surface area (Å²) in [4.78, 5) is 15.4. The molecule has 0 radical (unpaired) electrons. The number of nitrogens with zero attached hydrogens (tertiary/aromatic N) is 4. The number of aromatic nitrogens is 3. The molecular formula is C25H32N6O3. The van der Waals surface area contributed by atoms with Crippen molar-refractivity contribution < 1.29 is 14.6 Å². The maximum absolute atomic E-state index is 9.90. The lowest BCUT2D eigenvalue weighted by molar-refractivity contribution is 0.124. The number of rotatable bonds is 7. The zero-order valence-corrected chi connectivity index (χ0v) is 20.3. The summed E-state index contributed by atoms with van der Waals surface area (Å²) in [6.45, 7) is 9.36. The van der Waals surface area contributed by atoms with Crippen molar-refractivity contribution in [3.05, 3.63) is 59.4 Å². The van der Waals surface area contributed by atoms with Gasteiger partial charge in [0.15, 0.2) is 5.82 Å². The van der Waals surface area contributed by atoms with Crippen molar-refractivity contribution in [1.29, 1.82) is 0 Å². The van der Waals surface area contributed by atoms with E-state index in [1.165, 1.54) is 0 Å². The summed E-state index contributed by atoms with van der Waals surface area (Å²) in [5, 5.41) is 16.2. The van der Waals surface area contributed by atoms with E-state index >= 15 is 0 Å². The summed E-state index contributed by atoms with van der Waals surface area (Å²) in [6.07, 6.45) is 1.14. The molecule has 0 saturated heterocycles. The largest absolute Gasteiger partial charge is 0.489 e. The van der Waals surface area contributed by atoms with E-state index in [-0.39, 0.29) is 5.60 Å². The van der Waals surface area contributed by atoms with Crippen LogP contribution in [0, 0.1) is 6.92 Å². The van der Waals surface area contributed by atoms with Gasteiger partial charge in [0.05, 0.1) is 12.2 Å². The van der Waals surface area contributed by atoms with Crippen LogP contribution in [0.4, 0.5) is 17.5 Å². The molecule has 1 aromatic carbocycles. The average molecular weight is 465 g/mol. The number of nitrogens with one attached hydrogen (secondary N) is 2. The number of anilines is 3. The van der Waals surface area contributed by atoms with Gasteiger partial charge in [-0.3, -0.25) is 0 Å². The molecule has 1 atom stereocenters. The molecular weight excluding hydrogens is 432 g/mol. The van der Waals surface area contributed by atoms with Crippen molar-refractivity contribution in [1.82, 2.24) is 15.0 Å². The number of aryl methyl sites for hydroxylation is 1. The minimum absolute atomic E-state index is 0.274. The number of fused-ring (bicyclic) bond motifs is 1. The second-order valence-corrected chi connectivity index (χ2v) is 9.38. The molecule has 180 valence electrons. The quantitative estimate of drug-likeness (QED) is 0.482. The third-order valence-corrected chi connectivity index (χ3v) is 5.18. The van der Waals surface area contributed by atoms with E-state index in [1.807, 2.05) is 76.0 Å². The van der Waals surface area contributed by atoms with E-state index in [4.69, 9.17) is 9.47 Å². The number of β-amino-alcohol motifs (C(OH)–C–C–N with tert-alkyl or cyclic N) is 1. The molecule has 3 heterocycles. The van der Waals surface area contributed by atoms with Gasteiger partial charge in [-0.2, -0.15) is 4.98 Å². The Labute approximate surface area is 200 Å². The van der Waals surface area contributed by atoms with Crippen molar-refractivity contribution in [3.8, 4) is 11.6 Å². The van der Waals surface area contributed by atoms with E-state index in [0.29, 0.717) is 31.5 Å². The standard InChI is InChI=1S/C25H32N6O3/c1-16-22-23(31(5)14-20(32)29-22)30-24(28-16)27-12-17-6-9-19(10-7-17)33-15-18-8-11-21(26-13-18)34-25(2,3)4/h6-11,13,20,29,32H,12,14-15H2,1-5H3,(H,27,28,30). The van der Waals surface area contributed by atoms with E-state index in [2.05, 4.69) is 25.6 Å². The summed E-state index contributed by atoms with van der Waals surface area (Å²) in [7, 11) is 1.90. The maximum Gasteiger partial charge on any atom is 0.225 e. The molecule has 0 bridgehead atoms. The van der Waals surface area contributed by atoms with Crippen LogP contribution in [-0.2, 0) is 13.2 Å². The molecule has 4 rings (SSSR count). The molecule has 0 saturated carbocycles. The Balaban J connectivity index is 1.31. The number of pyridine rings is 1. The van der Waals surface area contributed by atoms with Crippen molar-refractivity contribution in [2.45, 2.75) is 52.7 Å². The van der Waals surface area contributed by atoms with Crippen molar-refractivity contribution >= 4 is 17.5 Å². The topological polar surface area (TPSA) is 105 Å². The van der Waals surface area contributed by atoms with Crippen molar-refractivity contribution in [3.63, 3.8) is 0 Å². The zero-order chi connectivity index (χ0) is 24.3. The number of hydrogen-bond donors (Lipinski definition) is 3. The minimum Gasteiger partial charge on any atom is -0.489 e. The SMILES string of the molecule is Cc1nc(NCc2ccc(OCc3ccc(OC(C)(C)C)nc3)cc2)nc2c1NC(O)CN2C. The van der Waals surface area contributed by atoms with Gasteiger partial charge in [0.25, 0.3) is 0 Å². The van der Waals surface area contributed by atoms with Gasteiger partial charge in [-0.05, 0) is 51.5 Å². The monoisotopic (exact) mass is 464 g/mol. The molecule has 34 heavy (non-hydrogen) atoms. The van der Waals surface area contributed by atoms with Crippen LogP contribution in [0.25, 0.3) is 0 Å². The molecule has 0 amide bonds. The van der Waals surface area contributed by atoms with Gasteiger partial charge in [0, 0.05) is 31.4 Å². The van der Waals surface area contributed by atoms with Crippen LogP contribution in [0.1, 0.15) is 37.6 Å². The van der Waals surface area contributed by atoms with E-state index in [1.54, 1.807) is 6.20 Å². The molecule has 1 aliphatic rings. The number of likely N-dealkylation sites (N-methyl/N-ethyl adjacent to an activating group) is 1. The molecule has 3 N–H and O–H groups in total. The summed E-state index contributed by atoms with van der Waals surface area (Å²) in [5.74, 6) is 2.71. The molecule has 1 unspecified atom stereocenters. The first-order valence-electron chi connectivity index (χ1n) is 11.3. The molecule has 0 spiro atoms. The van der Waals surface area contributed by atoms with Crippen LogP contribution in [0.5, 0.6) is 11.6 Å². The van der Waals surface area contributed by atoms with Crippen LogP contribution in [0.2, 0.25) is 0 Å². The lowest BCUT2D eigenvalue weighted by Gasteiger charge is -2.31. The Morgan fingerprint density at radius 2 is 1.85 bits per heavy atom. The number of ether oxygens (including phenoxy) is 2. The molecule has 3 aromatic rings. The number of aliphatic hydroxyl groups is 1. The van der Waals surface area contributed by atoms with Gasteiger partial charge in [-0.1, -0.05) is 12.1 Å². The highest BCUT2D eigenvalue weighted by molar-refractivity contribution is 5.71.